The molecule has 1 aromatic carbocycles. The molecule has 0 spiro atoms. The van der Waals surface area contributed by atoms with Crippen LogP contribution < -0.4 is 14.8 Å². The molecule has 0 aliphatic rings. The molecule has 142 valence electrons. The van der Waals surface area contributed by atoms with Gasteiger partial charge in [-0.1, -0.05) is 0 Å². The maximum absolute atomic E-state index is 12.6. The molecule has 0 unspecified atom stereocenters. The largest absolute Gasteiger partial charge is 0.497 e. The minimum atomic E-state index is -0.447. The Morgan fingerprint density at radius 3 is 2.44 bits per heavy atom. The number of benzene rings is 1. The first-order chi connectivity index (χ1) is 13.0. The van der Waals surface area contributed by atoms with Crippen LogP contribution in [0.5, 0.6) is 11.5 Å². The molecule has 0 saturated carbocycles. The van der Waals surface area contributed by atoms with Crippen molar-refractivity contribution < 1.29 is 23.8 Å². The van der Waals surface area contributed by atoms with E-state index in [0.717, 1.165) is 10.2 Å². The summed E-state index contributed by atoms with van der Waals surface area (Å²) in [4.78, 5) is 25.7. The van der Waals surface area contributed by atoms with E-state index in [1.807, 2.05) is 11.4 Å². The van der Waals surface area contributed by atoms with Crippen LogP contribution in [0.15, 0.2) is 35.7 Å². The van der Waals surface area contributed by atoms with Gasteiger partial charge in [-0.25, -0.2) is 4.79 Å². The zero-order valence-electron chi connectivity index (χ0n) is 15.3. The number of thiophene rings is 1. The minimum absolute atomic E-state index is 0.0162. The second kappa shape index (κ2) is 8.13. The molecular formula is C19H20N2O5S. The normalized spacial score (nSPS) is 10.6. The molecule has 7 nitrogen and oxygen atoms in total. The number of hydrogen-bond donors (Lipinski definition) is 1. The summed E-state index contributed by atoms with van der Waals surface area (Å²) in [5.74, 6) is 0.412. The van der Waals surface area contributed by atoms with Crippen LogP contribution in [0.1, 0.15) is 17.4 Å². The van der Waals surface area contributed by atoms with E-state index in [9.17, 15) is 9.59 Å². The first-order valence-corrected chi connectivity index (χ1v) is 9.20. The molecule has 0 atom stereocenters. The lowest BCUT2D eigenvalue weighted by molar-refractivity contribution is -0.116. The van der Waals surface area contributed by atoms with Crippen molar-refractivity contribution in [3.8, 4) is 11.5 Å². The van der Waals surface area contributed by atoms with Crippen molar-refractivity contribution in [3.05, 3.63) is 41.4 Å². The average Bonchev–Trinajstić information content (AvgIpc) is 3.24. The summed E-state index contributed by atoms with van der Waals surface area (Å²) in [6.45, 7) is 2.00. The summed E-state index contributed by atoms with van der Waals surface area (Å²) in [5, 5.41) is 5.64. The molecule has 1 amide bonds. The Labute approximate surface area is 160 Å². The number of esters is 1. The molecule has 0 radical (unpaired) electrons. The molecule has 0 aliphatic heterocycles. The summed E-state index contributed by atoms with van der Waals surface area (Å²) < 4.78 is 17.2. The lowest BCUT2D eigenvalue weighted by Gasteiger charge is -2.12. The van der Waals surface area contributed by atoms with Gasteiger partial charge in [0.1, 0.15) is 28.6 Å². The fourth-order valence-electron chi connectivity index (χ4n) is 2.73. The maximum Gasteiger partial charge on any atom is 0.355 e. The van der Waals surface area contributed by atoms with Gasteiger partial charge < -0.3 is 24.1 Å². The van der Waals surface area contributed by atoms with Crippen LogP contribution in [0, 0.1) is 0 Å². The second-order valence-electron chi connectivity index (χ2n) is 5.67. The molecule has 0 bridgehead atoms. The van der Waals surface area contributed by atoms with Crippen LogP contribution >= 0.6 is 11.3 Å². The van der Waals surface area contributed by atoms with Crippen LogP contribution in [-0.2, 0) is 16.1 Å². The lowest BCUT2D eigenvalue weighted by Crippen LogP contribution is -2.21. The van der Waals surface area contributed by atoms with E-state index in [0.29, 0.717) is 22.9 Å². The van der Waals surface area contributed by atoms with Crippen LogP contribution in [0.3, 0.4) is 0 Å². The van der Waals surface area contributed by atoms with Gasteiger partial charge in [-0.2, -0.15) is 0 Å². The molecule has 3 aromatic rings. The Morgan fingerprint density at radius 1 is 1.11 bits per heavy atom. The zero-order chi connectivity index (χ0) is 19.4. The van der Waals surface area contributed by atoms with Crippen molar-refractivity contribution in [2.45, 2.75) is 13.5 Å². The molecule has 0 fully saturated rings. The number of carbonyl (C=O) groups is 2. The van der Waals surface area contributed by atoms with Crippen molar-refractivity contribution in [2.75, 3.05) is 26.1 Å². The molecule has 2 aromatic heterocycles. The summed E-state index contributed by atoms with van der Waals surface area (Å²) in [7, 11) is 3.08. The number of fused-ring (bicyclic) bond motifs is 1. The molecule has 0 saturated heterocycles. The van der Waals surface area contributed by atoms with Gasteiger partial charge in [0.25, 0.3) is 0 Å². The third kappa shape index (κ3) is 4.06. The van der Waals surface area contributed by atoms with Gasteiger partial charge in [0.15, 0.2) is 0 Å². The van der Waals surface area contributed by atoms with Crippen molar-refractivity contribution in [1.29, 1.82) is 0 Å². The Morgan fingerprint density at radius 2 is 1.81 bits per heavy atom. The van der Waals surface area contributed by atoms with Gasteiger partial charge in [-0.3, -0.25) is 4.79 Å². The summed E-state index contributed by atoms with van der Waals surface area (Å²) in [6.07, 6.45) is 0. The molecule has 27 heavy (non-hydrogen) atoms. The van der Waals surface area contributed by atoms with Crippen molar-refractivity contribution in [3.63, 3.8) is 0 Å². The zero-order valence-corrected chi connectivity index (χ0v) is 16.1. The van der Waals surface area contributed by atoms with Crippen molar-refractivity contribution >= 4 is 39.1 Å². The number of nitrogens with one attached hydrogen (secondary N) is 1. The fourth-order valence-corrected chi connectivity index (χ4v) is 3.63. The van der Waals surface area contributed by atoms with E-state index in [4.69, 9.17) is 14.2 Å². The third-order valence-electron chi connectivity index (χ3n) is 3.92. The van der Waals surface area contributed by atoms with Gasteiger partial charge in [-0.15, -0.1) is 11.3 Å². The lowest BCUT2D eigenvalue weighted by atomic mass is 10.2. The maximum atomic E-state index is 12.6. The number of hydrogen-bond acceptors (Lipinski definition) is 6. The quantitative estimate of drug-likeness (QED) is 0.627. The Bertz CT molecular complexity index is 954. The van der Waals surface area contributed by atoms with Gasteiger partial charge in [-0.05, 0) is 24.4 Å². The third-order valence-corrected chi connectivity index (χ3v) is 4.88. The van der Waals surface area contributed by atoms with E-state index >= 15 is 0 Å². The number of methoxy groups -OCH3 is 2. The Kier molecular flexibility index (Phi) is 5.66. The van der Waals surface area contributed by atoms with Crippen LogP contribution in [-0.4, -0.2) is 37.3 Å². The van der Waals surface area contributed by atoms with Crippen LogP contribution in [0.2, 0.25) is 0 Å². The first kappa shape index (κ1) is 18.8. The summed E-state index contributed by atoms with van der Waals surface area (Å²) in [5.41, 5.74) is 0.903. The summed E-state index contributed by atoms with van der Waals surface area (Å²) >= 11 is 1.47. The number of rotatable bonds is 7. The molecule has 2 heterocycles. The van der Waals surface area contributed by atoms with Crippen LogP contribution in [0.25, 0.3) is 10.2 Å². The highest BCUT2D eigenvalue weighted by molar-refractivity contribution is 7.16. The van der Waals surface area contributed by atoms with E-state index in [2.05, 4.69) is 5.32 Å². The Balaban J connectivity index is 1.85. The van der Waals surface area contributed by atoms with E-state index in [-0.39, 0.29) is 19.1 Å². The number of ether oxygens (including phenoxy) is 3. The van der Waals surface area contributed by atoms with Crippen molar-refractivity contribution in [2.24, 2.45) is 0 Å². The van der Waals surface area contributed by atoms with Gasteiger partial charge in [0.2, 0.25) is 5.91 Å². The number of amides is 1. The second-order valence-corrected chi connectivity index (χ2v) is 6.56. The topological polar surface area (TPSA) is 78.8 Å². The highest BCUT2D eigenvalue weighted by Crippen LogP contribution is 2.27. The predicted octanol–water partition coefficient (Wildman–Crippen LogP) is 3.54. The minimum Gasteiger partial charge on any atom is -0.497 e. The standard InChI is InChI=1S/C19H20N2O5S/c1-4-26-19(23)16-7-12-5-6-27-18(12)21(16)11-17(22)20-13-8-14(24-2)10-15(9-13)25-3/h5-10H,4,11H2,1-3H3,(H,20,22). The highest BCUT2D eigenvalue weighted by Gasteiger charge is 2.19. The predicted molar refractivity (Wildman–Crippen MR) is 104 cm³/mol. The molecular weight excluding hydrogens is 368 g/mol. The van der Waals surface area contributed by atoms with Gasteiger partial charge in [0.05, 0.1) is 20.8 Å². The highest BCUT2D eigenvalue weighted by atomic mass is 32.1. The first-order valence-electron chi connectivity index (χ1n) is 8.32. The van der Waals surface area contributed by atoms with Crippen LogP contribution in [0.4, 0.5) is 5.69 Å². The van der Waals surface area contributed by atoms with E-state index in [1.54, 1.807) is 50.0 Å². The number of aromatic nitrogens is 1. The Hall–Kier alpha value is -3.00. The monoisotopic (exact) mass is 388 g/mol. The molecule has 3 rings (SSSR count). The molecule has 8 heteroatoms. The number of anilines is 1. The summed E-state index contributed by atoms with van der Waals surface area (Å²) in [6, 6.07) is 8.76. The van der Waals surface area contributed by atoms with Crippen molar-refractivity contribution in [1.82, 2.24) is 4.57 Å². The van der Waals surface area contributed by atoms with Gasteiger partial charge in [0, 0.05) is 29.3 Å². The smallest absolute Gasteiger partial charge is 0.355 e. The SMILES string of the molecule is CCOC(=O)c1cc2ccsc2n1CC(=O)Nc1cc(OC)cc(OC)c1. The van der Waals surface area contributed by atoms with E-state index in [1.165, 1.54) is 11.3 Å². The average molecular weight is 388 g/mol. The molecule has 1 N–H and O–H groups in total. The van der Waals surface area contributed by atoms with Gasteiger partial charge >= 0.3 is 5.97 Å². The number of carbonyl (C=O) groups excluding carboxylic acids is 2. The molecule has 0 aliphatic carbocycles. The number of nitrogens with zero attached hydrogens (tertiary/aromatic N) is 1. The fraction of sp³-hybridized carbons (Fsp3) is 0.263. The van der Waals surface area contributed by atoms with E-state index < -0.39 is 5.97 Å².